The summed E-state index contributed by atoms with van der Waals surface area (Å²) in [7, 11) is -2.48. The number of sulfonamides is 1. The molecule has 1 fully saturated rings. The third kappa shape index (κ3) is 6.59. The lowest BCUT2D eigenvalue weighted by atomic mass is 9.97. The van der Waals surface area contributed by atoms with Crippen molar-refractivity contribution in [2.24, 2.45) is 4.99 Å². The summed E-state index contributed by atoms with van der Waals surface area (Å²) in [6.45, 7) is 7.93. The molecule has 46 heavy (non-hydrogen) atoms. The summed E-state index contributed by atoms with van der Waals surface area (Å²) >= 11 is 0. The van der Waals surface area contributed by atoms with Crippen LogP contribution in [0.2, 0.25) is 0 Å². The zero-order valence-electron chi connectivity index (χ0n) is 27.3. The molecule has 1 spiro atoms. The van der Waals surface area contributed by atoms with E-state index >= 15 is 0 Å². The molecular weight excluding hydrogens is 606 g/mol. The van der Waals surface area contributed by atoms with E-state index in [1.807, 2.05) is 30.0 Å². The molecule has 5 rings (SSSR count). The van der Waals surface area contributed by atoms with Crippen LogP contribution in [0.15, 0.2) is 56.9 Å². The Hall–Kier alpha value is -4.03. The van der Waals surface area contributed by atoms with Crippen LogP contribution in [0.5, 0.6) is 0 Å². The number of rotatable bonds is 13. The normalized spacial score (nSPS) is 15.9. The van der Waals surface area contributed by atoms with Crippen LogP contribution in [0.25, 0.3) is 11.1 Å². The number of aryl methyl sites for hydroxylation is 1. The Morgan fingerprint density at radius 1 is 1.11 bits per heavy atom. The summed E-state index contributed by atoms with van der Waals surface area (Å²) in [4.78, 5) is 35.4. The van der Waals surface area contributed by atoms with Crippen LogP contribution in [0, 0.1) is 13.8 Å². The number of carbonyl (C=O) groups excluding carboxylic acids is 2. The quantitative estimate of drug-likeness (QED) is 0.240. The first-order valence-corrected chi connectivity index (χ1v) is 17.4. The molecule has 0 radical (unpaired) electrons. The van der Waals surface area contributed by atoms with Crippen molar-refractivity contribution in [1.82, 2.24) is 10.1 Å². The topological polar surface area (TPSA) is 134 Å². The molecule has 1 aliphatic carbocycles. The van der Waals surface area contributed by atoms with E-state index in [9.17, 15) is 18.0 Å². The molecule has 1 saturated carbocycles. The van der Waals surface area contributed by atoms with E-state index in [0.717, 1.165) is 56.3 Å². The Morgan fingerprint density at radius 2 is 1.85 bits per heavy atom. The molecule has 0 bridgehead atoms. The van der Waals surface area contributed by atoms with E-state index in [0.29, 0.717) is 41.2 Å². The molecule has 2 aliphatic rings. The van der Waals surface area contributed by atoms with Gasteiger partial charge in [-0.2, -0.15) is 0 Å². The van der Waals surface area contributed by atoms with Crippen molar-refractivity contribution >= 4 is 39.2 Å². The fourth-order valence-electron chi connectivity index (χ4n) is 6.09. The first kappa shape index (κ1) is 33.3. The molecule has 1 aliphatic heterocycles. The molecule has 246 valence electrons. The summed E-state index contributed by atoms with van der Waals surface area (Å²) < 4.78 is 40.7. The minimum absolute atomic E-state index is 0.00925. The number of nitrogens with zero attached hydrogens (tertiary/aromatic N) is 4. The number of unbranched alkanes of at least 4 members (excludes halogenated alkanes) is 1. The summed E-state index contributed by atoms with van der Waals surface area (Å²) in [5.74, 6) is 0.616. The maximum absolute atomic E-state index is 13.8. The Morgan fingerprint density at radius 3 is 2.52 bits per heavy atom. The van der Waals surface area contributed by atoms with Crippen molar-refractivity contribution in [3.8, 4) is 11.1 Å². The fourth-order valence-corrected chi connectivity index (χ4v) is 7.36. The summed E-state index contributed by atoms with van der Waals surface area (Å²) in [5.41, 5.74) is 2.73. The van der Waals surface area contributed by atoms with E-state index < -0.39 is 15.6 Å². The molecule has 2 amide bonds. The van der Waals surface area contributed by atoms with E-state index in [2.05, 4.69) is 16.8 Å². The zero-order valence-corrected chi connectivity index (χ0v) is 28.1. The molecule has 1 N–H and O–H groups in total. The summed E-state index contributed by atoms with van der Waals surface area (Å²) in [6.07, 6.45) is 6.16. The van der Waals surface area contributed by atoms with Gasteiger partial charge in [-0.25, -0.2) is 13.1 Å². The number of carbonyl (C=O) groups is 2. The van der Waals surface area contributed by atoms with E-state index in [-0.39, 0.29) is 29.2 Å². The van der Waals surface area contributed by atoms with Gasteiger partial charge in [0.25, 0.3) is 21.8 Å². The van der Waals surface area contributed by atoms with Crippen LogP contribution >= 0.6 is 0 Å². The number of amides is 2. The van der Waals surface area contributed by atoms with Crippen molar-refractivity contribution in [2.75, 3.05) is 29.9 Å². The average Bonchev–Trinajstić information content (AvgIpc) is 3.73. The molecule has 1 aromatic heterocycles. The number of hydrogen-bond donors (Lipinski definition) is 1. The van der Waals surface area contributed by atoms with E-state index in [4.69, 9.17) is 14.3 Å². The van der Waals surface area contributed by atoms with Gasteiger partial charge in [0.2, 0.25) is 5.88 Å². The highest BCUT2D eigenvalue weighted by Gasteiger charge is 2.49. The van der Waals surface area contributed by atoms with Gasteiger partial charge in [-0.05, 0) is 57.7 Å². The number of likely N-dealkylation sites (N-methyl/N-ethyl adjacent to an activating group) is 1. The summed E-state index contributed by atoms with van der Waals surface area (Å²) in [5, 5.41) is 3.86. The van der Waals surface area contributed by atoms with Gasteiger partial charge in [-0.3, -0.25) is 19.5 Å². The van der Waals surface area contributed by atoms with Crippen molar-refractivity contribution in [2.45, 2.75) is 89.6 Å². The van der Waals surface area contributed by atoms with Gasteiger partial charge < -0.3 is 14.2 Å². The molecule has 2 heterocycles. The first-order chi connectivity index (χ1) is 22.0. The number of anilines is 2. The standard InChI is InChI=1S/C34H43N5O6S/c1-6-8-15-30-35-34(18-11-12-19-34)33(41)39(30)21-25-16-17-26(28(20-25)38(5)31(40)22-44-7-2)27-13-9-10-14-29(27)46(42,43)37-32-23(3)24(4)36-45-32/h9-10,13-14,16-17,20,37H,6-8,11-12,15,18-19,21-22H2,1-5H3. The highest BCUT2D eigenvalue weighted by atomic mass is 32.2. The number of ether oxygens (including phenoxy) is 1. The molecule has 2 aromatic carbocycles. The van der Waals surface area contributed by atoms with Crippen LogP contribution < -0.4 is 9.62 Å². The van der Waals surface area contributed by atoms with Gasteiger partial charge >= 0.3 is 0 Å². The molecule has 0 saturated heterocycles. The van der Waals surface area contributed by atoms with Gasteiger partial charge in [-0.1, -0.05) is 61.7 Å². The summed E-state index contributed by atoms with van der Waals surface area (Å²) in [6, 6.07) is 12.1. The Bertz CT molecular complexity index is 1740. The van der Waals surface area contributed by atoms with Crippen molar-refractivity contribution in [3.63, 3.8) is 0 Å². The van der Waals surface area contributed by atoms with Crippen molar-refractivity contribution < 1.29 is 27.3 Å². The van der Waals surface area contributed by atoms with Gasteiger partial charge in [0.1, 0.15) is 18.0 Å². The SMILES string of the molecule is CCCCC1=NC2(CCCC2)C(=O)N1Cc1ccc(-c2ccccc2S(=O)(=O)Nc2onc(C)c2C)c(N(C)C(=O)COCC)c1. The number of nitrogens with one attached hydrogen (secondary N) is 1. The lowest BCUT2D eigenvalue weighted by Gasteiger charge is -2.25. The van der Waals surface area contributed by atoms with Crippen molar-refractivity contribution in [1.29, 1.82) is 0 Å². The average molecular weight is 650 g/mol. The Labute approximate surface area is 271 Å². The van der Waals surface area contributed by atoms with Crippen molar-refractivity contribution in [3.05, 3.63) is 59.3 Å². The van der Waals surface area contributed by atoms with Crippen LogP contribution in [0.1, 0.15) is 75.6 Å². The van der Waals surface area contributed by atoms with Crippen LogP contribution in [0.4, 0.5) is 11.6 Å². The lowest BCUT2D eigenvalue weighted by Crippen LogP contribution is -2.40. The monoisotopic (exact) mass is 649 g/mol. The predicted molar refractivity (Wildman–Crippen MR) is 177 cm³/mol. The largest absolute Gasteiger partial charge is 0.372 e. The fraction of sp³-hybridized carbons (Fsp3) is 0.471. The number of hydrogen-bond acceptors (Lipinski definition) is 8. The number of aromatic nitrogens is 1. The minimum Gasteiger partial charge on any atom is -0.372 e. The van der Waals surface area contributed by atoms with Gasteiger partial charge in [0.05, 0.1) is 22.8 Å². The first-order valence-electron chi connectivity index (χ1n) is 15.9. The second-order valence-corrected chi connectivity index (χ2v) is 13.7. The highest BCUT2D eigenvalue weighted by Crippen LogP contribution is 2.41. The number of aliphatic imine (C=N–C) groups is 1. The van der Waals surface area contributed by atoms with Crippen LogP contribution in [-0.2, 0) is 30.9 Å². The third-order valence-electron chi connectivity index (χ3n) is 8.90. The molecule has 0 atom stereocenters. The molecule has 0 unspecified atom stereocenters. The smallest absolute Gasteiger partial charge is 0.264 e. The third-order valence-corrected chi connectivity index (χ3v) is 10.3. The molecule has 12 heteroatoms. The van der Waals surface area contributed by atoms with Crippen LogP contribution in [-0.4, -0.2) is 61.9 Å². The van der Waals surface area contributed by atoms with Gasteiger partial charge in [-0.15, -0.1) is 0 Å². The van der Waals surface area contributed by atoms with Crippen LogP contribution in [0.3, 0.4) is 0 Å². The maximum atomic E-state index is 13.8. The van der Waals surface area contributed by atoms with Gasteiger partial charge in [0, 0.05) is 36.8 Å². The van der Waals surface area contributed by atoms with E-state index in [1.165, 1.54) is 11.0 Å². The van der Waals surface area contributed by atoms with Gasteiger partial charge in [0.15, 0.2) is 0 Å². The van der Waals surface area contributed by atoms with E-state index in [1.54, 1.807) is 39.1 Å². The molecule has 3 aromatic rings. The number of amidine groups is 1. The highest BCUT2D eigenvalue weighted by molar-refractivity contribution is 7.92. The Balaban J connectivity index is 1.55. The molecular formula is C34H43N5O6S. The minimum atomic E-state index is -4.12. The predicted octanol–water partition coefficient (Wildman–Crippen LogP) is 6.00. The Kier molecular flexibility index (Phi) is 9.97. The maximum Gasteiger partial charge on any atom is 0.264 e. The second kappa shape index (κ2) is 13.8. The number of benzene rings is 2. The molecule has 11 nitrogen and oxygen atoms in total. The zero-order chi connectivity index (χ0) is 33.1. The second-order valence-electron chi connectivity index (χ2n) is 12.0. The lowest BCUT2D eigenvalue weighted by molar-refractivity contribution is -0.131.